The maximum Gasteiger partial charge on any atom is 0.320 e. The minimum Gasteiger partial charge on any atom is -0.507 e. The molecule has 1 unspecified atom stereocenters. The van der Waals surface area contributed by atoms with Crippen molar-refractivity contribution in [2.45, 2.75) is 19.0 Å². The highest BCUT2D eigenvalue weighted by Gasteiger charge is 2.14. The average Bonchev–Trinajstić information content (AvgIpc) is 3.02. The number of aliphatic carboxylic acids is 1. The van der Waals surface area contributed by atoms with Crippen molar-refractivity contribution in [1.29, 1.82) is 0 Å². The first-order chi connectivity index (χ1) is 12.1. The van der Waals surface area contributed by atoms with E-state index in [1.165, 1.54) is 12.5 Å². The number of aliphatic imine (C=N–C) groups is 1. The number of aromatic hydroxyl groups is 1. The van der Waals surface area contributed by atoms with Gasteiger partial charge in [0.15, 0.2) is 17.0 Å². The second-order valence-corrected chi connectivity index (χ2v) is 5.36. The van der Waals surface area contributed by atoms with Gasteiger partial charge in [0.2, 0.25) is 0 Å². The Morgan fingerprint density at radius 2 is 2.12 bits per heavy atom. The largest absolute Gasteiger partial charge is 0.507 e. The number of phenols is 1. The van der Waals surface area contributed by atoms with Crippen molar-refractivity contribution < 1.29 is 15.0 Å². The molecule has 9 heteroatoms. The van der Waals surface area contributed by atoms with Crippen LogP contribution in [0.25, 0.3) is 11.2 Å². The standard InChI is InChI=1S/C16H16N6O3/c17-11(16(24)25)5-6-22-9-21-13-14(19-8-20-15(13)22)18-7-10-3-1-2-4-12(10)23/h1-4,7-9,11,23H,5-6,17H2,(H,24,25)/b18-7+. The molecule has 0 saturated heterocycles. The molecule has 0 aliphatic heterocycles. The topological polar surface area (TPSA) is 140 Å². The Bertz CT molecular complexity index is 937. The second-order valence-electron chi connectivity index (χ2n) is 5.36. The van der Waals surface area contributed by atoms with Crippen LogP contribution in [-0.2, 0) is 11.3 Å². The molecule has 0 fully saturated rings. The number of imidazole rings is 1. The third-order valence-electron chi connectivity index (χ3n) is 3.64. The van der Waals surface area contributed by atoms with Gasteiger partial charge in [0.05, 0.1) is 6.33 Å². The molecule has 0 spiro atoms. The van der Waals surface area contributed by atoms with Crippen LogP contribution in [0.5, 0.6) is 5.75 Å². The number of carboxylic acids is 1. The summed E-state index contributed by atoms with van der Waals surface area (Å²) in [6, 6.07) is 5.86. The molecular formula is C16H16N6O3. The Kier molecular flexibility index (Phi) is 4.66. The van der Waals surface area contributed by atoms with Crippen molar-refractivity contribution in [2.75, 3.05) is 0 Å². The monoisotopic (exact) mass is 340 g/mol. The van der Waals surface area contributed by atoms with Crippen LogP contribution in [0.2, 0.25) is 0 Å². The van der Waals surface area contributed by atoms with E-state index in [1.54, 1.807) is 35.2 Å². The molecule has 1 atom stereocenters. The van der Waals surface area contributed by atoms with E-state index in [2.05, 4.69) is 19.9 Å². The number of carbonyl (C=O) groups is 1. The number of aryl methyl sites for hydroxylation is 1. The zero-order valence-corrected chi connectivity index (χ0v) is 13.1. The molecular weight excluding hydrogens is 324 g/mol. The van der Waals surface area contributed by atoms with Gasteiger partial charge in [0, 0.05) is 18.3 Å². The van der Waals surface area contributed by atoms with E-state index in [0.717, 1.165) is 0 Å². The summed E-state index contributed by atoms with van der Waals surface area (Å²) in [5, 5.41) is 18.6. The molecule has 0 amide bonds. The lowest BCUT2D eigenvalue weighted by Gasteiger charge is -2.07. The number of para-hydroxylation sites is 1. The van der Waals surface area contributed by atoms with E-state index in [4.69, 9.17) is 10.8 Å². The number of nitrogens with two attached hydrogens (primary N) is 1. The number of fused-ring (bicyclic) bond motifs is 1. The fraction of sp³-hybridized carbons (Fsp3) is 0.188. The minimum absolute atomic E-state index is 0.115. The third kappa shape index (κ3) is 3.61. The van der Waals surface area contributed by atoms with E-state index in [0.29, 0.717) is 29.1 Å². The molecule has 128 valence electrons. The van der Waals surface area contributed by atoms with E-state index in [-0.39, 0.29) is 12.2 Å². The van der Waals surface area contributed by atoms with Crippen molar-refractivity contribution in [1.82, 2.24) is 19.5 Å². The molecule has 0 radical (unpaired) electrons. The number of carboxylic acid groups (broad SMARTS) is 1. The molecule has 25 heavy (non-hydrogen) atoms. The lowest BCUT2D eigenvalue weighted by Crippen LogP contribution is -2.31. The van der Waals surface area contributed by atoms with E-state index in [9.17, 15) is 9.90 Å². The zero-order valence-electron chi connectivity index (χ0n) is 13.1. The van der Waals surface area contributed by atoms with Gasteiger partial charge in [0.25, 0.3) is 0 Å². The van der Waals surface area contributed by atoms with Gasteiger partial charge < -0.3 is 20.5 Å². The van der Waals surface area contributed by atoms with E-state index >= 15 is 0 Å². The number of nitrogens with zero attached hydrogens (tertiary/aromatic N) is 5. The predicted octanol–water partition coefficient (Wildman–Crippen LogP) is 1.08. The fourth-order valence-electron chi connectivity index (χ4n) is 2.26. The molecule has 0 aliphatic rings. The van der Waals surface area contributed by atoms with Crippen molar-refractivity contribution >= 4 is 29.2 Å². The lowest BCUT2D eigenvalue weighted by molar-refractivity contribution is -0.138. The molecule has 9 nitrogen and oxygen atoms in total. The van der Waals surface area contributed by atoms with Crippen molar-refractivity contribution in [3.05, 3.63) is 42.5 Å². The van der Waals surface area contributed by atoms with E-state index < -0.39 is 12.0 Å². The summed E-state index contributed by atoms with van der Waals surface area (Å²) in [4.78, 5) is 27.6. The number of hydrogen-bond donors (Lipinski definition) is 3. The smallest absolute Gasteiger partial charge is 0.320 e. The van der Waals surface area contributed by atoms with Crippen LogP contribution in [-0.4, -0.2) is 48.0 Å². The van der Waals surface area contributed by atoms with Gasteiger partial charge in [0.1, 0.15) is 18.1 Å². The zero-order chi connectivity index (χ0) is 17.8. The van der Waals surface area contributed by atoms with Gasteiger partial charge in [-0.15, -0.1) is 0 Å². The molecule has 4 N–H and O–H groups in total. The molecule has 0 bridgehead atoms. The summed E-state index contributed by atoms with van der Waals surface area (Å²) in [7, 11) is 0. The van der Waals surface area contributed by atoms with Gasteiger partial charge in [-0.3, -0.25) is 4.79 Å². The summed E-state index contributed by atoms with van der Waals surface area (Å²) in [5.41, 5.74) is 7.10. The third-order valence-corrected chi connectivity index (χ3v) is 3.64. The number of aromatic nitrogens is 4. The molecule has 3 rings (SSSR count). The van der Waals surface area contributed by atoms with Crippen LogP contribution < -0.4 is 5.73 Å². The number of phenolic OH excluding ortho intramolecular Hbond substituents is 1. The molecule has 2 aromatic heterocycles. The Hall–Kier alpha value is -3.33. The summed E-state index contributed by atoms with van der Waals surface area (Å²) >= 11 is 0. The normalized spacial score (nSPS) is 12.7. The highest BCUT2D eigenvalue weighted by atomic mass is 16.4. The summed E-state index contributed by atoms with van der Waals surface area (Å²) in [6.45, 7) is 0.365. The second kappa shape index (κ2) is 7.05. The summed E-state index contributed by atoms with van der Waals surface area (Å²) in [6.07, 6.45) is 4.65. The van der Waals surface area contributed by atoms with Gasteiger partial charge in [-0.05, 0) is 18.6 Å². The highest BCUT2D eigenvalue weighted by molar-refractivity contribution is 5.89. The SMILES string of the molecule is NC(CCn1cnc2c(/N=C/c3ccccc3O)ncnc21)C(=O)O. The molecule has 2 heterocycles. The first-order valence-electron chi connectivity index (χ1n) is 7.52. The van der Waals surface area contributed by atoms with Crippen LogP contribution in [0.4, 0.5) is 5.82 Å². The predicted molar refractivity (Wildman–Crippen MR) is 90.9 cm³/mol. The Morgan fingerprint density at radius 1 is 1.32 bits per heavy atom. The Morgan fingerprint density at radius 3 is 2.88 bits per heavy atom. The van der Waals surface area contributed by atoms with Crippen LogP contribution in [0.15, 0.2) is 41.9 Å². The molecule has 3 aromatic rings. The highest BCUT2D eigenvalue weighted by Crippen LogP contribution is 2.21. The minimum atomic E-state index is -1.05. The first kappa shape index (κ1) is 16.5. The molecule has 0 aliphatic carbocycles. The lowest BCUT2D eigenvalue weighted by atomic mass is 10.2. The Balaban J connectivity index is 1.86. The van der Waals surface area contributed by atoms with Gasteiger partial charge in [-0.2, -0.15) is 0 Å². The van der Waals surface area contributed by atoms with Crippen molar-refractivity contribution in [3.63, 3.8) is 0 Å². The number of hydrogen-bond acceptors (Lipinski definition) is 7. The van der Waals surface area contributed by atoms with Crippen LogP contribution >= 0.6 is 0 Å². The van der Waals surface area contributed by atoms with E-state index in [1.807, 2.05) is 0 Å². The average molecular weight is 340 g/mol. The van der Waals surface area contributed by atoms with Crippen LogP contribution in [0, 0.1) is 0 Å². The fourth-order valence-corrected chi connectivity index (χ4v) is 2.26. The van der Waals surface area contributed by atoms with Gasteiger partial charge >= 0.3 is 5.97 Å². The molecule has 1 aromatic carbocycles. The van der Waals surface area contributed by atoms with Crippen molar-refractivity contribution in [3.8, 4) is 5.75 Å². The maximum atomic E-state index is 10.8. The first-order valence-corrected chi connectivity index (χ1v) is 7.52. The quantitative estimate of drug-likeness (QED) is 0.570. The maximum absolute atomic E-state index is 10.8. The molecule has 0 saturated carbocycles. The Labute approximate surface area is 142 Å². The van der Waals surface area contributed by atoms with Crippen LogP contribution in [0.1, 0.15) is 12.0 Å². The van der Waals surface area contributed by atoms with Crippen molar-refractivity contribution in [2.24, 2.45) is 10.7 Å². The summed E-state index contributed by atoms with van der Waals surface area (Å²) in [5.74, 6) is -0.578. The number of rotatable bonds is 6. The van der Waals surface area contributed by atoms with Crippen LogP contribution in [0.3, 0.4) is 0 Å². The number of benzene rings is 1. The van der Waals surface area contributed by atoms with Gasteiger partial charge in [-0.1, -0.05) is 12.1 Å². The summed E-state index contributed by atoms with van der Waals surface area (Å²) < 4.78 is 1.71. The van der Waals surface area contributed by atoms with Gasteiger partial charge in [-0.25, -0.2) is 19.9 Å².